The fourth-order valence-corrected chi connectivity index (χ4v) is 3.86. The van der Waals surface area contributed by atoms with Crippen molar-refractivity contribution < 1.29 is 14.7 Å². The molecule has 112 valence electrons. The lowest BCUT2D eigenvalue weighted by atomic mass is 9.89. The van der Waals surface area contributed by atoms with Gasteiger partial charge in [-0.05, 0) is 53.7 Å². The Balaban J connectivity index is 1.78. The number of hydrogen-bond donors (Lipinski definition) is 2. The van der Waals surface area contributed by atoms with E-state index in [2.05, 4.69) is 21.2 Å². The van der Waals surface area contributed by atoms with Gasteiger partial charge in [0.05, 0.1) is 11.6 Å². The number of fused-ring (bicyclic) bond motifs is 2. The van der Waals surface area contributed by atoms with Gasteiger partial charge in [0.15, 0.2) is 0 Å². The predicted molar refractivity (Wildman–Crippen MR) is 82.3 cm³/mol. The summed E-state index contributed by atoms with van der Waals surface area (Å²) in [5, 5.41) is 12.1. The van der Waals surface area contributed by atoms with Gasteiger partial charge in [0.1, 0.15) is 0 Å². The van der Waals surface area contributed by atoms with Crippen LogP contribution in [0.25, 0.3) is 0 Å². The number of hydrogen-bond acceptors (Lipinski definition) is 2. The molecular weight excluding hydrogens is 336 g/mol. The number of anilines is 1. The third-order valence-corrected chi connectivity index (χ3v) is 5.57. The average molecular weight is 353 g/mol. The fourth-order valence-electron chi connectivity index (χ4n) is 3.49. The number of nitrogens with zero attached hydrogens (tertiary/aromatic N) is 1. The van der Waals surface area contributed by atoms with E-state index in [4.69, 9.17) is 0 Å². The molecule has 0 saturated carbocycles. The summed E-state index contributed by atoms with van der Waals surface area (Å²) in [6.45, 7) is 1.96. The summed E-state index contributed by atoms with van der Waals surface area (Å²) in [4.78, 5) is 25.5. The van der Waals surface area contributed by atoms with Crippen LogP contribution in [0.4, 0.5) is 10.5 Å². The first-order chi connectivity index (χ1) is 9.99. The van der Waals surface area contributed by atoms with Crippen molar-refractivity contribution in [2.75, 3.05) is 5.32 Å². The Labute approximate surface area is 131 Å². The Hall–Kier alpha value is -1.56. The molecule has 0 radical (unpaired) electrons. The van der Waals surface area contributed by atoms with Crippen molar-refractivity contribution in [3.63, 3.8) is 0 Å². The second kappa shape index (κ2) is 5.33. The third kappa shape index (κ3) is 2.41. The van der Waals surface area contributed by atoms with Crippen molar-refractivity contribution in [1.82, 2.24) is 4.90 Å². The molecule has 2 aliphatic rings. The summed E-state index contributed by atoms with van der Waals surface area (Å²) in [6, 6.07) is 5.36. The molecule has 3 rings (SSSR count). The van der Waals surface area contributed by atoms with Crippen molar-refractivity contribution in [2.24, 2.45) is 5.92 Å². The highest BCUT2D eigenvalue weighted by atomic mass is 79.9. The Kier molecular flexibility index (Phi) is 3.65. The van der Waals surface area contributed by atoms with Crippen LogP contribution in [-0.2, 0) is 4.79 Å². The van der Waals surface area contributed by atoms with Gasteiger partial charge in [0, 0.05) is 16.6 Å². The van der Waals surface area contributed by atoms with E-state index in [9.17, 15) is 14.7 Å². The van der Waals surface area contributed by atoms with Gasteiger partial charge in [-0.3, -0.25) is 4.79 Å². The van der Waals surface area contributed by atoms with Gasteiger partial charge in [-0.25, -0.2) is 4.79 Å². The van der Waals surface area contributed by atoms with Gasteiger partial charge in [-0.2, -0.15) is 0 Å². The van der Waals surface area contributed by atoms with Crippen LogP contribution in [0.1, 0.15) is 24.8 Å². The number of carbonyl (C=O) groups is 2. The molecule has 0 aromatic heterocycles. The van der Waals surface area contributed by atoms with E-state index in [-0.39, 0.29) is 18.1 Å². The number of urea groups is 1. The highest BCUT2D eigenvalue weighted by Crippen LogP contribution is 2.42. The third-order valence-electron chi connectivity index (χ3n) is 4.52. The largest absolute Gasteiger partial charge is 0.481 e. The first-order valence-electron chi connectivity index (χ1n) is 7.06. The minimum absolute atomic E-state index is 0.0553. The normalized spacial score (nSPS) is 27.0. The van der Waals surface area contributed by atoms with E-state index in [1.807, 2.05) is 25.1 Å². The second-order valence-corrected chi connectivity index (χ2v) is 6.55. The van der Waals surface area contributed by atoms with Crippen molar-refractivity contribution in [2.45, 2.75) is 38.3 Å². The average Bonchev–Trinajstić information content (AvgIpc) is 3.01. The van der Waals surface area contributed by atoms with E-state index >= 15 is 0 Å². The molecule has 2 fully saturated rings. The molecule has 2 aliphatic heterocycles. The van der Waals surface area contributed by atoms with Crippen LogP contribution in [0.5, 0.6) is 0 Å². The smallest absolute Gasteiger partial charge is 0.322 e. The number of nitrogens with one attached hydrogen (secondary N) is 1. The topological polar surface area (TPSA) is 69.6 Å². The van der Waals surface area contributed by atoms with Crippen molar-refractivity contribution in [1.29, 1.82) is 0 Å². The van der Waals surface area contributed by atoms with Crippen LogP contribution in [0, 0.1) is 12.8 Å². The van der Waals surface area contributed by atoms with Crippen LogP contribution in [0.15, 0.2) is 22.7 Å². The van der Waals surface area contributed by atoms with E-state index < -0.39 is 11.9 Å². The minimum atomic E-state index is -0.795. The summed E-state index contributed by atoms with van der Waals surface area (Å²) < 4.78 is 0.861. The summed E-state index contributed by atoms with van der Waals surface area (Å²) in [5.74, 6) is -1.22. The molecule has 0 aliphatic carbocycles. The molecule has 3 atom stereocenters. The molecule has 3 unspecified atom stereocenters. The molecule has 2 N–H and O–H groups in total. The maximum Gasteiger partial charge on any atom is 0.322 e. The molecule has 5 nitrogen and oxygen atoms in total. The molecule has 2 amide bonds. The molecule has 0 spiro atoms. The van der Waals surface area contributed by atoms with E-state index in [0.29, 0.717) is 6.42 Å². The summed E-state index contributed by atoms with van der Waals surface area (Å²) in [6.07, 6.45) is 2.25. The van der Waals surface area contributed by atoms with Crippen LogP contribution < -0.4 is 5.32 Å². The number of carboxylic acid groups (broad SMARTS) is 1. The number of carbonyl (C=O) groups excluding carboxylic acids is 1. The number of aryl methyl sites for hydroxylation is 1. The molecule has 1 aromatic rings. The maximum atomic E-state index is 12.5. The van der Waals surface area contributed by atoms with Crippen LogP contribution in [0.2, 0.25) is 0 Å². The Morgan fingerprint density at radius 1 is 1.38 bits per heavy atom. The number of carboxylic acids is 1. The number of rotatable bonds is 2. The minimum Gasteiger partial charge on any atom is -0.481 e. The lowest BCUT2D eigenvalue weighted by Gasteiger charge is -2.24. The van der Waals surface area contributed by atoms with Gasteiger partial charge < -0.3 is 15.3 Å². The molecule has 6 heteroatoms. The van der Waals surface area contributed by atoms with Gasteiger partial charge in [0.2, 0.25) is 0 Å². The van der Waals surface area contributed by atoms with Crippen molar-refractivity contribution in [3.05, 3.63) is 28.2 Å². The Morgan fingerprint density at radius 3 is 2.81 bits per heavy atom. The number of amides is 2. The standard InChI is InChI=1S/C15H17BrN2O3/c1-8-3-2-4-11(13(8)16)17-15(21)18-9-5-6-12(18)10(7-9)14(19)20/h2-4,9-10,12H,5-7H2,1H3,(H,17,21)(H,19,20). The second-order valence-electron chi connectivity index (χ2n) is 5.75. The molecule has 2 bridgehead atoms. The zero-order valence-corrected chi connectivity index (χ0v) is 13.3. The predicted octanol–water partition coefficient (Wildman–Crippen LogP) is 3.23. The molecule has 2 heterocycles. The molecule has 2 saturated heterocycles. The summed E-state index contributed by atoms with van der Waals surface area (Å²) in [5.41, 5.74) is 1.76. The van der Waals surface area contributed by atoms with Crippen LogP contribution in [-0.4, -0.2) is 34.1 Å². The Bertz CT molecular complexity index is 605. The van der Waals surface area contributed by atoms with Crippen molar-refractivity contribution >= 4 is 33.6 Å². The lowest BCUT2D eigenvalue weighted by molar-refractivity contribution is -0.142. The monoisotopic (exact) mass is 352 g/mol. The first kappa shape index (κ1) is 14.4. The highest BCUT2D eigenvalue weighted by Gasteiger charge is 2.51. The number of aliphatic carboxylic acids is 1. The SMILES string of the molecule is Cc1cccc(NC(=O)N2C3CCC2C(C(=O)O)C3)c1Br. The first-order valence-corrected chi connectivity index (χ1v) is 7.85. The highest BCUT2D eigenvalue weighted by molar-refractivity contribution is 9.10. The van der Waals surface area contributed by atoms with E-state index in [1.165, 1.54) is 0 Å². The number of benzene rings is 1. The Morgan fingerprint density at radius 2 is 2.14 bits per heavy atom. The molecule has 21 heavy (non-hydrogen) atoms. The zero-order chi connectivity index (χ0) is 15.1. The van der Waals surface area contributed by atoms with Gasteiger partial charge in [0.25, 0.3) is 0 Å². The van der Waals surface area contributed by atoms with Crippen LogP contribution >= 0.6 is 15.9 Å². The fraction of sp³-hybridized carbons (Fsp3) is 0.467. The number of halogens is 1. The zero-order valence-electron chi connectivity index (χ0n) is 11.7. The van der Waals surface area contributed by atoms with E-state index in [1.54, 1.807) is 4.90 Å². The molecule has 1 aromatic carbocycles. The lowest BCUT2D eigenvalue weighted by Crippen LogP contribution is -2.40. The quantitative estimate of drug-likeness (QED) is 0.858. The van der Waals surface area contributed by atoms with Crippen molar-refractivity contribution in [3.8, 4) is 0 Å². The van der Waals surface area contributed by atoms with Gasteiger partial charge >= 0.3 is 12.0 Å². The van der Waals surface area contributed by atoms with Gasteiger partial charge in [-0.1, -0.05) is 12.1 Å². The maximum absolute atomic E-state index is 12.5. The van der Waals surface area contributed by atoms with Gasteiger partial charge in [-0.15, -0.1) is 0 Å². The van der Waals surface area contributed by atoms with Crippen LogP contribution in [0.3, 0.4) is 0 Å². The summed E-state index contributed by atoms with van der Waals surface area (Å²) in [7, 11) is 0. The van der Waals surface area contributed by atoms with E-state index in [0.717, 1.165) is 28.6 Å². The molecular formula is C15H17BrN2O3. The summed E-state index contributed by atoms with van der Waals surface area (Å²) >= 11 is 3.47.